The Hall–Kier alpha value is -4.47. The molecule has 5 aromatic rings. The minimum atomic E-state index is -0.181. The van der Waals surface area contributed by atoms with E-state index < -0.39 is 0 Å². The number of amides is 1. The van der Waals surface area contributed by atoms with Gasteiger partial charge in [0.2, 0.25) is 5.95 Å². The predicted molar refractivity (Wildman–Crippen MR) is 130 cm³/mol. The molecule has 1 aromatic carbocycles. The third-order valence-corrected chi connectivity index (χ3v) is 5.64. The lowest BCUT2D eigenvalue weighted by atomic mass is 10.1. The van der Waals surface area contributed by atoms with Crippen LogP contribution in [0.2, 0.25) is 0 Å². The minimum absolute atomic E-state index is 0.181. The zero-order chi connectivity index (χ0) is 23.8. The Morgan fingerprint density at radius 1 is 1.09 bits per heavy atom. The van der Waals surface area contributed by atoms with Gasteiger partial charge in [-0.2, -0.15) is 5.10 Å². The Balaban J connectivity index is 1.34. The second kappa shape index (κ2) is 8.47. The van der Waals surface area contributed by atoms with E-state index in [1.165, 1.54) is 0 Å². The average Bonchev–Trinajstić information content (AvgIpc) is 3.51. The number of rotatable bonds is 6. The van der Waals surface area contributed by atoms with Crippen molar-refractivity contribution in [2.75, 3.05) is 5.32 Å². The lowest BCUT2D eigenvalue weighted by Crippen LogP contribution is -2.23. The van der Waals surface area contributed by atoms with Crippen LogP contribution < -0.4 is 10.6 Å². The maximum absolute atomic E-state index is 12.7. The molecule has 172 valence electrons. The molecule has 5 rings (SSSR count). The van der Waals surface area contributed by atoms with E-state index in [9.17, 15) is 4.79 Å². The summed E-state index contributed by atoms with van der Waals surface area (Å²) >= 11 is 0. The summed E-state index contributed by atoms with van der Waals surface area (Å²) < 4.78 is 3.66. The fourth-order valence-electron chi connectivity index (χ4n) is 3.84. The average molecular weight is 456 g/mol. The van der Waals surface area contributed by atoms with Crippen LogP contribution in [0.25, 0.3) is 22.3 Å². The molecule has 4 aromatic heterocycles. The van der Waals surface area contributed by atoms with Gasteiger partial charge in [0.05, 0.1) is 24.3 Å². The third kappa shape index (κ3) is 4.25. The van der Waals surface area contributed by atoms with Gasteiger partial charge in [0.15, 0.2) is 0 Å². The lowest BCUT2D eigenvalue weighted by molar-refractivity contribution is 0.0946. The number of hydrogen-bond acceptors (Lipinski definition) is 6. The number of aromatic amines is 1. The Kier molecular flexibility index (Phi) is 5.33. The monoisotopic (exact) mass is 455 g/mol. The highest BCUT2D eigenvalue weighted by molar-refractivity contribution is 5.99. The topological polar surface area (TPSA) is 118 Å². The molecule has 10 heteroatoms. The molecule has 3 N–H and O–H groups in total. The Bertz CT molecular complexity index is 1490. The minimum Gasteiger partial charge on any atom is -0.350 e. The van der Waals surface area contributed by atoms with Crippen molar-refractivity contribution in [2.45, 2.75) is 20.4 Å². The maximum atomic E-state index is 12.7. The Labute approximate surface area is 196 Å². The van der Waals surface area contributed by atoms with E-state index in [0.29, 0.717) is 18.2 Å². The summed E-state index contributed by atoms with van der Waals surface area (Å²) in [5.41, 5.74) is 6.61. The highest BCUT2D eigenvalue weighted by Crippen LogP contribution is 2.26. The second-order valence-electron chi connectivity index (χ2n) is 8.34. The van der Waals surface area contributed by atoms with E-state index in [4.69, 9.17) is 0 Å². The second-order valence-corrected chi connectivity index (χ2v) is 8.34. The molecule has 0 saturated heterocycles. The smallest absolute Gasteiger partial charge is 0.268 e. The van der Waals surface area contributed by atoms with Crippen LogP contribution in [0, 0.1) is 13.8 Å². The molecule has 0 aliphatic heterocycles. The number of nitrogens with zero attached hydrogens (tertiary/aromatic N) is 6. The molecule has 10 nitrogen and oxygen atoms in total. The van der Waals surface area contributed by atoms with Gasteiger partial charge in [-0.15, -0.1) is 0 Å². The van der Waals surface area contributed by atoms with E-state index in [1.54, 1.807) is 17.2 Å². The summed E-state index contributed by atoms with van der Waals surface area (Å²) in [5, 5.41) is 11.5. The highest BCUT2D eigenvalue weighted by Gasteiger charge is 2.13. The molecule has 0 saturated carbocycles. The largest absolute Gasteiger partial charge is 0.350 e. The summed E-state index contributed by atoms with van der Waals surface area (Å²) in [5.74, 6) is 0.292. The van der Waals surface area contributed by atoms with Gasteiger partial charge >= 0.3 is 0 Å². The lowest BCUT2D eigenvalue weighted by Gasteiger charge is -2.07. The Morgan fingerprint density at radius 3 is 2.68 bits per heavy atom. The van der Waals surface area contributed by atoms with Gasteiger partial charge < -0.3 is 20.2 Å². The van der Waals surface area contributed by atoms with Gasteiger partial charge in [0.1, 0.15) is 11.4 Å². The number of imidazole rings is 1. The summed E-state index contributed by atoms with van der Waals surface area (Å²) in [7, 11) is 3.80. The number of H-pyrrole nitrogens is 1. The van der Waals surface area contributed by atoms with E-state index in [1.807, 2.05) is 69.0 Å². The number of fused-ring (bicyclic) bond motifs is 1. The number of aryl methyl sites for hydroxylation is 4. The molecular weight excluding hydrogens is 430 g/mol. The van der Waals surface area contributed by atoms with Crippen molar-refractivity contribution in [3.8, 4) is 11.4 Å². The van der Waals surface area contributed by atoms with Crippen LogP contribution in [0.3, 0.4) is 0 Å². The van der Waals surface area contributed by atoms with Gasteiger partial charge in [0.25, 0.3) is 5.91 Å². The summed E-state index contributed by atoms with van der Waals surface area (Å²) in [6.45, 7) is 4.34. The van der Waals surface area contributed by atoms with Crippen LogP contribution in [0.15, 0.2) is 49.1 Å². The Morgan fingerprint density at radius 2 is 1.94 bits per heavy atom. The number of carbonyl (C=O) groups excluding carboxylic acids is 1. The SMILES string of the molecule is Cc1cc(Nc2nccc(-c3cn(C)cn3)n2)cc2cc(C(=O)NCc3cc(C)n(C)n3)[nH]c12. The van der Waals surface area contributed by atoms with E-state index >= 15 is 0 Å². The molecule has 0 aliphatic carbocycles. The molecule has 0 fully saturated rings. The number of carbonyl (C=O) groups is 1. The van der Waals surface area contributed by atoms with Crippen molar-refractivity contribution in [2.24, 2.45) is 14.1 Å². The van der Waals surface area contributed by atoms with Crippen molar-refractivity contribution < 1.29 is 4.79 Å². The van der Waals surface area contributed by atoms with Gasteiger partial charge in [-0.3, -0.25) is 9.48 Å². The van der Waals surface area contributed by atoms with Crippen molar-refractivity contribution in [1.29, 1.82) is 0 Å². The van der Waals surface area contributed by atoms with Crippen LogP contribution in [0.1, 0.15) is 27.4 Å². The molecule has 0 bridgehead atoms. The number of benzene rings is 1. The number of nitrogens with one attached hydrogen (secondary N) is 3. The van der Waals surface area contributed by atoms with Crippen LogP contribution in [0.5, 0.6) is 0 Å². The first-order valence-electron chi connectivity index (χ1n) is 10.9. The standard InChI is InChI=1S/C24H25N9O/c1-14-7-17(28-24-25-6-5-19(30-24)21-12-32(3)13-27-21)9-16-10-20(29-22(14)16)23(34)26-11-18-8-15(2)33(4)31-18/h5-10,12-13,29H,11H2,1-4H3,(H,26,34)(H,25,28,30). The van der Waals surface area contributed by atoms with E-state index in [2.05, 4.69) is 35.7 Å². The molecule has 0 aliphatic rings. The van der Waals surface area contributed by atoms with Crippen LogP contribution in [0.4, 0.5) is 11.6 Å². The molecule has 0 atom stereocenters. The molecule has 1 amide bonds. The van der Waals surface area contributed by atoms with Gasteiger partial charge in [-0.25, -0.2) is 15.0 Å². The first-order chi connectivity index (χ1) is 16.4. The van der Waals surface area contributed by atoms with Crippen molar-refractivity contribution in [3.63, 3.8) is 0 Å². The number of hydrogen-bond donors (Lipinski definition) is 3. The third-order valence-electron chi connectivity index (χ3n) is 5.64. The van der Waals surface area contributed by atoms with Gasteiger partial charge in [-0.1, -0.05) is 0 Å². The van der Waals surface area contributed by atoms with Crippen molar-refractivity contribution in [1.82, 2.24) is 39.6 Å². The molecule has 34 heavy (non-hydrogen) atoms. The number of aromatic nitrogens is 7. The zero-order valence-corrected chi connectivity index (χ0v) is 19.4. The molecule has 4 heterocycles. The first kappa shape index (κ1) is 21.4. The number of anilines is 2. The quantitative estimate of drug-likeness (QED) is 0.361. The maximum Gasteiger partial charge on any atom is 0.268 e. The fourth-order valence-corrected chi connectivity index (χ4v) is 3.84. The first-order valence-corrected chi connectivity index (χ1v) is 10.9. The highest BCUT2D eigenvalue weighted by atomic mass is 16.1. The van der Waals surface area contributed by atoms with Crippen LogP contribution >= 0.6 is 0 Å². The molecule has 0 unspecified atom stereocenters. The van der Waals surface area contributed by atoms with Gasteiger partial charge in [0, 0.05) is 48.8 Å². The zero-order valence-electron chi connectivity index (χ0n) is 19.4. The molecular formula is C24H25N9O. The van der Waals surface area contributed by atoms with Gasteiger partial charge in [-0.05, 0) is 49.7 Å². The summed E-state index contributed by atoms with van der Waals surface area (Å²) in [6.07, 6.45) is 5.34. The predicted octanol–water partition coefficient (Wildman–Crippen LogP) is 3.38. The van der Waals surface area contributed by atoms with Crippen molar-refractivity contribution >= 4 is 28.4 Å². The summed E-state index contributed by atoms with van der Waals surface area (Å²) in [4.78, 5) is 29.2. The van der Waals surface area contributed by atoms with E-state index in [0.717, 1.165) is 44.9 Å². The van der Waals surface area contributed by atoms with Crippen LogP contribution in [-0.4, -0.2) is 40.2 Å². The summed E-state index contributed by atoms with van der Waals surface area (Å²) in [6, 6.07) is 9.59. The van der Waals surface area contributed by atoms with E-state index in [-0.39, 0.29) is 5.91 Å². The normalized spacial score (nSPS) is 11.2. The molecule has 0 radical (unpaired) electrons. The van der Waals surface area contributed by atoms with Crippen LogP contribution in [-0.2, 0) is 20.6 Å². The van der Waals surface area contributed by atoms with Crippen molar-refractivity contribution in [3.05, 3.63) is 71.7 Å². The molecule has 0 spiro atoms. The fraction of sp³-hybridized carbons (Fsp3) is 0.208.